The standard InChI is InChI=1S/C50H29N6O2/c1-3-14-31(15-4-1)47-53-48(32-16-5-2-6-17-32)55-49(54-47)39-29-51-44(46-36-20-10-7-13-30(36)25-26-56(39)46)34-27-33-18-8-9-19-35(33)38(28-34)50-52-45-42(58-50)24-23-41-43(45)37-21-11-12-22-40(37)57-41/h1-29H/q+1. The topological polar surface area (TPSA) is 94.8 Å². The van der Waals surface area contributed by atoms with E-state index in [0.29, 0.717) is 28.9 Å². The molecule has 8 heteroatoms. The van der Waals surface area contributed by atoms with Crippen molar-refractivity contribution in [1.82, 2.24) is 24.9 Å². The van der Waals surface area contributed by atoms with Crippen LogP contribution in [0.3, 0.4) is 0 Å². The van der Waals surface area contributed by atoms with Gasteiger partial charge >= 0.3 is 0 Å². The zero-order valence-electron chi connectivity index (χ0n) is 30.7. The fourth-order valence-electron chi connectivity index (χ4n) is 8.15. The number of nitrogens with zero attached hydrogens (tertiary/aromatic N) is 6. The predicted molar refractivity (Wildman–Crippen MR) is 228 cm³/mol. The van der Waals surface area contributed by atoms with E-state index in [2.05, 4.69) is 77.3 Å². The second-order valence-electron chi connectivity index (χ2n) is 14.3. The molecule has 5 heterocycles. The highest BCUT2D eigenvalue weighted by atomic mass is 16.4. The SMILES string of the molecule is c1ccc(-c2nc(-c3ccccc3)nc(-c3cnc(-c4cc(-c5nc6c(ccc7oc8ccccc8c76)o5)c5ccccc5c4)c4c5ccccc5cc[n+]34)n2)cc1. The van der Waals surface area contributed by atoms with Gasteiger partial charge in [0.25, 0.3) is 5.69 Å². The number of benzene rings is 7. The van der Waals surface area contributed by atoms with Gasteiger partial charge in [-0.25, -0.2) is 24.9 Å². The summed E-state index contributed by atoms with van der Waals surface area (Å²) in [4.78, 5) is 25.5. The van der Waals surface area contributed by atoms with Crippen LogP contribution in [0.4, 0.5) is 0 Å². The fraction of sp³-hybridized carbons (Fsp3) is 0. The van der Waals surface area contributed by atoms with Crippen LogP contribution in [-0.2, 0) is 0 Å². The van der Waals surface area contributed by atoms with Gasteiger partial charge in [0.2, 0.25) is 17.2 Å². The number of hydrogen-bond donors (Lipinski definition) is 0. The molecular weight excluding hydrogens is 717 g/mol. The quantitative estimate of drug-likeness (QED) is 0.128. The van der Waals surface area contributed by atoms with Crippen LogP contribution in [0.1, 0.15) is 0 Å². The molecule has 0 aliphatic carbocycles. The lowest BCUT2D eigenvalue weighted by Crippen LogP contribution is -2.27. The third-order valence-electron chi connectivity index (χ3n) is 10.9. The van der Waals surface area contributed by atoms with Crippen molar-refractivity contribution in [3.05, 3.63) is 176 Å². The molecule has 0 unspecified atom stereocenters. The Morgan fingerprint density at radius 3 is 1.86 bits per heavy atom. The molecule has 0 N–H and O–H groups in total. The highest BCUT2D eigenvalue weighted by Gasteiger charge is 2.26. The zero-order chi connectivity index (χ0) is 38.2. The molecule has 0 amide bonds. The summed E-state index contributed by atoms with van der Waals surface area (Å²) in [5.74, 6) is 2.21. The minimum absolute atomic E-state index is 0.515. The summed E-state index contributed by atoms with van der Waals surface area (Å²) in [5.41, 5.74) is 9.09. The van der Waals surface area contributed by atoms with E-state index in [1.165, 1.54) is 0 Å². The lowest BCUT2D eigenvalue weighted by Gasteiger charge is -2.11. The number of hydrogen-bond acceptors (Lipinski definition) is 7. The van der Waals surface area contributed by atoms with Crippen LogP contribution in [0.25, 0.3) is 117 Å². The van der Waals surface area contributed by atoms with Crippen LogP contribution in [0.15, 0.2) is 185 Å². The van der Waals surface area contributed by atoms with E-state index < -0.39 is 0 Å². The first-order valence-electron chi connectivity index (χ1n) is 19.1. The summed E-state index contributed by atoms with van der Waals surface area (Å²) in [7, 11) is 0. The molecule has 8 nitrogen and oxygen atoms in total. The van der Waals surface area contributed by atoms with Gasteiger partial charge in [0.15, 0.2) is 23.4 Å². The Hall–Kier alpha value is -8.10. The highest BCUT2D eigenvalue weighted by molar-refractivity contribution is 6.17. The first-order valence-corrected chi connectivity index (χ1v) is 19.1. The van der Waals surface area contributed by atoms with Gasteiger partial charge in [-0.2, -0.15) is 4.40 Å². The van der Waals surface area contributed by atoms with E-state index in [1.807, 2.05) is 103 Å². The van der Waals surface area contributed by atoms with E-state index in [0.717, 1.165) is 88.2 Å². The molecule has 0 fully saturated rings. The van der Waals surface area contributed by atoms with Crippen molar-refractivity contribution < 1.29 is 13.2 Å². The van der Waals surface area contributed by atoms with E-state index >= 15 is 0 Å². The van der Waals surface area contributed by atoms with E-state index in [1.54, 1.807) is 0 Å². The summed E-state index contributed by atoms with van der Waals surface area (Å²) in [6.07, 6.45) is 3.95. The Kier molecular flexibility index (Phi) is 7.06. The van der Waals surface area contributed by atoms with Gasteiger partial charge in [-0.05, 0) is 52.6 Å². The van der Waals surface area contributed by atoms with Crippen molar-refractivity contribution >= 4 is 60.1 Å². The molecule has 0 saturated heterocycles. The monoisotopic (exact) mass is 745 g/mol. The van der Waals surface area contributed by atoms with Gasteiger partial charge in [0.1, 0.15) is 28.6 Å². The molecule has 5 aromatic heterocycles. The summed E-state index contributed by atoms with van der Waals surface area (Å²) in [6.45, 7) is 0. The Bertz CT molecular complexity index is 3520. The molecule has 270 valence electrons. The van der Waals surface area contributed by atoms with Crippen molar-refractivity contribution in [2.45, 2.75) is 0 Å². The predicted octanol–water partition coefficient (Wildman–Crippen LogP) is 11.7. The average molecular weight is 746 g/mol. The van der Waals surface area contributed by atoms with E-state index in [-0.39, 0.29) is 0 Å². The molecule has 0 saturated carbocycles. The van der Waals surface area contributed by atoms with Gasteiger partial charge in [0, 0.05) is 33.7 Å². The molecule has 0 radical (unpaired) electrons. The Labute approximate surface area is 330 Å². The maximum Gasteiger partial charge on any atom is 0.274 e. The van der Waals surface area contributed by atoms with Crippen molar-refractivity contribution in [2.24, 2.45) is 0 Å². The number of oxazole rings is 1. The summed E-state index contributed by atoms with van der Waals surface area (Å²) in [5, 5.41) is 6.14. The van der Waals surface area contributed by atoms with Gasteiger partial charge in [-0.15, -0.1) is 0 Å². The smallest absolute Gasteiger partial charge is 0.274 e. The molecular formula is C50H29N6O2+. The van der Waals surface area contributed by atoms with Crippen LogP contribution in [-0.4, -0.2) is 24.9 Å². The lowest BCUT2D eigenvalue weighted by molar-refractivity contribution is -0.498. The van der Waals surface area contributed by atoms with Crippen molar-refractivity contribution in [2.75, 3.05) is 0 Å². The highest BCUT2D eigenvalue weighted by Crippen LogP contribution is 2.40. The van der Waals surface area contributed by atoms with Gasteiger partial charge < -0.3 is 8.83 Å². The number of para-hydroxylation sites is 1. The maximum atomic E-state index is 6.61. The van der Waals surface area contributed by atoms with Crippen LogP contribution in [0, 0.1) is 0 Å². The third-order valence-corrected chi connectivity index (χ3v) is 10.9. The number of pyridine rings is 1. The van der Waals surface area contributed by atoms with Gasteiger partial charge in [-0.1, -0.05) is 121 Å². The van der Waals surface area contributed by atoms with Crippen LogP contribution >= 0.6 is 0 Å². The fourth-order valence-corrected chi connectivity index (χ4v) is 8.15. The molecule has 7 aromatic carbocycles. The van der Waals surface area contributed by atoms with Crippen LogP contribution in [0.5, 0.6) is 0 Å². The zero-order valence-corrected chi connectivity index (χ0v) is 30.7. The van der Waals surface area contributed by atoms with E-state index in [9.17, 15) is 0 Å². The Balaban J connectivity index is 1.10. The summed E-state index contributed by atoms with van der Waals surface area (Å²) in [6, 6.07) is 55.1. The van der Waals surface area contributed by atoms with Crippen molar-refractivity contribution in [3.8, 4) is 57.0 Å². The minimum atomic E-state index is 0.515. The molecule has 12 aromatic rings. The Morgan fingerprint density at radius 1 is 0.448 bits per heavy atom. The normalized spacial score (nSPS) is 11.8. The molecule has 0 atom stereocenters. The van der Waals surface area contributed by atoms with Gasteiger partial charge in [-0.3, -0.25) is 0 Å². The summed E-state index contributed by atoms with van der Waals surface area (Å²) >= 11 is 0. The molecule has 0 aliphatic rings. The molecule has 0 bridgehead atoms. The molecule has 58 heavy (non-hydrogen) atoms. The maximum absolute atomic E-state index is 6.61. The average Bonchev–Trinajstić information content (AvgIpc) is 3.90. The third kappa shape index (κ3) is 5.09. The molecule has 0 spiro atoms. The largest absolute Gasteiger partial charge is 0.456 e. The first kappa shape index (κ1) is 32.2. The Morgan fingerprint density at radius 2 is 1.09 bits per heavy atom. The summed E-state index contributed by atoms with van der Waals surface area (Å²) < 4.78 is 15.0. The lowest BCUT2D eigenvalue weighted by atomic mass is 9.97. The van der Waals surface area contributed by atoms with Crippen molar-refractivity contribution in [1.29, 1.82) is 0 Å². The molecule has 12 rings (SSSR count). The van der Waals surface area contributed by atoms with Crippen LogP contribution in [0.2, 0.25) is 0 Å². The second kappa shape index (κ2) is 12.7. The number of furan rings is 1. The van der Waals surface area contributed by atoms with E-state index in [4.69, 9.17) is 33.8 Å². The molecule has 0 aliphatic heterocycles. The van der Waals surface area contributed by atoms with Crippen LogP contribution < -0.4 is 4.40 Å². The first-order chi connectivity index (χ1) is 28.7. The number of fused-ring (bicyclic) bond motifs is 9. The second-order valence-corrected chi connectivity index (χ2v) is 14.3. The number of rotatable bonds is 5. The number of aromatic nitrogens is 6. The van der Waals surface area contributed by atoms with Gasteiger partial charge in [0.05, 0.1) is 10.8 Å². The minimum Gasteiger partial charge on any atom is -0.456 e. The van der Waals surface area contributed by atoms with Crippen molar-refractivity contribution in [3.63, 3.8) is 0 Å².